The van der Waals surface area contributed by atoms with Gasteiger partial charge in [-0.2, -0.15) is 0 Å². The van der Waals surface area contributed by atoms with Crippen LogP contribution in [0.15, 0.2) is 18.2 Å². The monoisotopic (exact) mass is 252 g/mol. The molecule has 0 aliphatic rings. The van der Waals surface area contributed by atoms with E-state index in [0.717, 1.165) is 0 Å². The molecule has 100 valence electrons. The molecule has 0 spiro atoms. The zero-order chi connectivity index (χ0) is 13.7. The molecule has 0 aliphatic carbocycles. The number of phenolic OH excluding ortho intramolecular Hbond substituents is 1. The summed E-state index contributed by atoms with van der Waals surface area (Å²) in [6, 6.07) is 4.40. The van der Waals surface area contributed by atoms with Gasteiger partial charge < -0.3 is 20.9 Å². The molecule has 4 N–H and O–H groups in total. The number of hydrogen-bond acceptors (Lipinski definition) is 4. The number of carbonyl (C=O) groups is 1. The van der Waals surface area contributed by atoms with E-state index >= 15 is 0 Å². The van der Waals surface area contributed by atoms with Gasteiger partial charge in [0.2, 0.25) is 0 Å². The maximum absolute atomic E-state index is 11.9. The van der Waals surface area contributed by atoms with Crippen LogP contribution in [0, 0.1) is 5.92 Å². The number of phenols is 1. The predicted molar refractivity (Wildman–Crippen MR) is 69.8 cm³/mol. The third-order valence-electron chi connectivity index (χ3n) is 2.80. The van der Waals surface area contributed by atoms with E-state index in [4.69, 9.17) is 10.5 Å². The molecule has 0 heterocycles. The fourth-order valence-corrected chi connectivity index (χ4v) is 1.37. The van der Waals surface area contributed by atoms with Gasteiger partial charge in [-0.05, 0) is 24.1 Å². The van der Waals surface area contributed by atoms with Crippen molar-refractivity contribution < 1.29 is 14.6 Å². The third kappa shape index (κ3) is 3.63. The van der Waals surface area contributed by atoms with E-state index in [1.165, 1.54) is 19.2 Å². The van der Waals surface area contributed by atoms with Crippen molar-refractivity contribution >= 4 is 5.91 Å². The lowest BCUT2D eigenvalue weighted by Gasteiger charge is -2.16. The Morgan fingerprint density at radius 2 is 2.17 bits per heavy atom. The molecule has 0 saturated heterocycles. The first-order valence-corrected chi connectivity index (χ1v) is 5.86. The zero-order valence-corrected chi connectivity index (χ0v) is 10.9. The second-order valence-electron chi connectivity index (χ2n) is 4.50. The number of hydrogen-bond donors (Lipinski definition) is 3. The Morgan fingerprint density at radius 3 is 2.72 bits per heavy atom. The van der Waals surface area contributed by atoms with Crippen LogP contribution in [-0.2, 0) is 0 Å². The van der Waals surface area contributed by atoms with Gasteiger partial charge in [-0.1, -0.05) is 13.8 Å². The van der Waals surface area contributed by atoms with Crippen LogP contribution in [0.25, 0.3) is 0 Å². The molecule has 1 rings (SSSR count). The van der Waals surface area contributed by atoms with Crippen molar-refractivity contribution in [2.75, 3.05) is 13.7 Å². The van der Waals surface area contributed by atoms with E-state index in [0.29, 0.717) is 12.3 Å². The SMILES string of the molecule is COc1ccc(O)c(C(=O)NCC(N)C(C)C)c1. The highest BCUT2D eigenvalue weighted by Gasteiger charge is 2.14. The Balaban J connectivity index is 2.72. The van der Waals surface area contributed by atoms with E-state index in [-0.39, 0.29) is 29.2 Å². The number of aromatic hydroxyl groups is 1. The smallest absolute Gasteiger partial charge is 0.255 e. The first-order chi connectivity index (χ1) is 8.45. The van der Waals surface area contributed by atoms with Gasteiger partial charge in [-0.15, -0.1) is 0 Å². The summed E-state index contributed by atoms with van der Waals surface area (Å²) in [7, 11) is 1.50. The molecule has 0 radical (unpaired) electrons. The summed E-state index contributed by atoms with van der Waals surface area (Å²) >= 11 is 0. The van der Waals surface area contributed by atoms with Crippen LogP contribution in [0.1, 0.15) is 24.2 Å². The molecular weight excluding hydrogens is 232 g/mol. The zero-order valence-electron chi connectivity index (χ0n) is 10.9. The van der Waals surface area contributed by atoms with Crippen LogP contribution >= 0.6 is 0 Å². The van der Waals surface area contributed by atoms with E-state index in [1.54, 1.807) is 6.07 Å². The molecule has 0 saturated carbocycles. The highest BCUT2D eigenvalue weighted by atomic mass is 16.5. The molecule has 0 fully saturated rings. The highest BCUT2D eigenvalue weighted by molar-refractivity contribution is 5.97. The largest absolute Gasteiger partial charge is 0.507 e. The summed E-state index contributed by atoms with van der Waals surface area (Å²) in [5, 5.41) is 12.3. The minimum Gasteiger partial charge on any atom is -0.507 e. The number of amides is 1. The van der Waals surface area contributed by atoms with Gasteiger partial charge in [0, 0.05) is 12.6 Å². The first-order valence-electron chi connectivity index (χ1n) is 5.86. The Bertz CT molecular complexity index is 419. The molecule has 0 bridgehead atoms. The van der Waals surface area contributed by atoms with Crippen LogP contribution in [-0.4, -0.2) is 30.7 Å². The molecule has 0 aliphatic heterocycles. The van der Waals surface area contributed by atoms with Gasteiger partial charge >= 0.3 is 0 Å². The van der Waals surface area contributed by atoms with Crippen LogP contribution < -0.4 is 15.8 Å². The van der Waals surface area contributed by atoms with Crippen LogP contribution in [0.3, 0.4) is 0 Å². The van der Waals surface area contributed by atoms with Gasteiger partial charge in [-0.25, -0.2) is 0 Å². The van der Waals surface area contributed by atoms with Gasteiger partial charge in [0.15, 0.2) is 0 Å². The Morgan fingerprint density at radius 1 is 1.50 bits per heavy atom. The molecule has 1 aromatic carbocycles. The maximum Gasteiger partial charge on any atom is 0.255 e. The van der Waals surface area contributed by atoms with E-state index in [1.807, 2.05) is 13.8 Å². The summed E-state index contributed by atoms with van der Waals surface area (Å²) < 4.78 is 5.01. The fourth-order valence-electron chi connectivity index (χ4n) is 1.37. The second-order valence-corrected chi connectivity index (χ2v) is 4.50. The van der Waals surface area contributed by atoms with Crippen molar-refractivity contribution in [3.05, 3.63) is 23.8 Å². The summed E-state index contributed by atoms with van der Waals surface area (Å²) in [6.07, 6.45) is 0. The minimum absolute atomic E-state index is 0.0774. The van der Waals surface area contributed by atoms with Crippen LogP contribution in [0.4, 0.5) is 0 Å². The standard InChI is InChI=1S/C13H20N2O3/c1-8(2)11(14)7-15-13(17)10-6-9(18-3)4-5-12(10)16/h4-6,8,11,16H,7,14H2,1-3H3,(H,15,17). The molecule has 0 aromatic heterocycles. The third-order valence-corrected chi connectivity index (χ3v) is 2.80. The summed E-state index contributed by atoms with van der Waals surface area (Å²) in [4.78, 5) is 11.9. The molecule has 18 heavy (non-hydrogen) atoms. The lowest BCUT2D eigenvalue weighted by Crippen LogP contribution is -2.40. The Hall–Kier alpha value is -1.75. The number of carbonyl (C=O) groups excluding carboxylic acids is 1. The second kappa shape index (κ2) is 6.26. The summed E-state index contributed by atoms with van der Waals surface area (Å²) in [5.41, 5.74) is 6.02. The average molecular weight is 252 g/mol. The average Bonchev–Trinajstić information content (AvgIpc) is 2.35. The number of methoxy groups -OCH3 is 1. The molecule has 1 amide bonds. The van der Waals surface area contributed by atoms with Gasteiger partial charge in [0.1, 0.15) is 11.5 Å². The van der Waals surface area contributed by atoms with E-state index < -0.39 is 0 Å². The fraction of sp³-hybridized carbons (Fsp3) is 0.462. The summed E-state index contributed by atoms with van der Waals surface area (Å²) in [5.74, 6) is 0.365. The lowest BCUT2D eigenvalue weighted by atomic mass is 10.1. The molecule has 5 nitrogen and oxygen atoms in total. The van der Waals surface area contributed by atoms with Crippen molar-refractivity contribution in [1.82, 2.24) is 5.32 Å². The quantitative estimate of drug-likeness (QED) is 0.733. The lowest BCUT2D eigenvalue weighted by molar-refractivity contribution is 0.0946. The Kier molecular flexibility index (Phi) is 4.97. The highest BCUT2D eigenvalue weighted by Crippen LogP contribution is 2.22. The molecule has 1 unspecified atom stereocenters. The van der Waals surface area contributed by atoms with Crippen molar-refractivity contribution in [3.8, 4) is 11.5 Å². The number of nitrogens with one attached hydrogen (secondary N) is 1. The van der Waals surface area contributed by atoms with Crippen molar-refractivity contribution in [2.24, 2.45) is 11.7 Å². The molecule has 5 heteroatoms. The maximum atomic E-state index is 11.9. The van der Waals surface area contributed by atoms with Gasteiger partial charge in [0.05, 0.1) is 12.7 Å². The van der Waals surface area contributed by atoms with Crippen molar-refractivity contribution in [3.63, 3.8) is 0 Å². The van der Waals surface area contributed by atoms with Crippen LogP contribution in [0.5, 0.6) is 11.5 Å². The first kappa shape index (κ1) is 14.3. The van der Waals surface area contributed by atoms with Crippen molar-refractivity contribution in [1.29, 1.82) is 0 Å². The number of rotatable bonds is 5. The molecule has 1 atom stereocenters. The topological polar surface area (TPSA) is 84.6 Å². The van der Waals surface area contributed by atoms with Crippen LogP contribution in [0.2, 0.25) is 0 Å². The van der Waals surface area contributed by atoms with E-state index in [9.17, 15) is 9.90 Å². The number of nitrogens with two attached hydrogens (primary N) is 1. The van der Waals surface area contributed by atoms with Gasteiger partial charge in [-0.3, -0.25) is 4.79 Å². The summed E-state index contributed by atoms with van der Waals surface area (Å²) in [6.45, 7) is 4.34. The number of ether oxygens (including phenoxy) is 1. The number of benzene rings is 1. The van der Waals surface area contributed by atoms with Crippen molar-refractivity contribution in [2.45, 2.75) is 19.9 Å². The predicted octanol–water partition coefficient (Wildman–Crippen LogP) is 1.11. The molecular formula is C13H20N2O3. The minimum atomic E-state index is -0.359. The van der Waals surface area contributed by atoms with Gasteiger partial charge in [0.25, 0.3) is 5.91 Å². The Labute approximate surface area is 107 Å². The van der Waals surface area contributed by atoms with E-state index in [2.05, 4.69) is 5.32 Å². The molecule has 1 aromatic rings. The normalized spacial score (nSPS) is 12.3.